The van der Waals surface area contributed by atoms with Crippen LogP contribution in [-0.2, 0) is 14.3 Å². The number of methoxy groups -OCH3 is 1. The number of piperidine rings is 1. The van der Waals surface area contributed by atoms with Crippen LogP contribution in [-0.4, -0.2) is 65.4 Å². The summed E-state index contributed by atoms with van der Waals surface area (Å²) < 4.78 is 4.45. The van der Waals surface area contributed by atoms with E-state index in [1.165, 1.54) is 12.0 Å². The van der Waals surface area contributed by atoms with Crippen molar-refractivity contribution in [3.8, 4) is 0 Å². The summed E-state index contributed by atoms with van der Waals surface area (Å²) in [4.78, 5) is 35.8. The molecule has 8 nitrogen and oxygen atoms in total. The number of amides is 2. The zero-order valence-electron chi connectivity index (χ0n) is 12.1. The summed E-state index contributed by atoms with van der Waals surface area (Å²) in [6, 6.07) is -1.96. The van der Waals surface area contributed by atoms with Crippen LogP contribution >= 0.6 is 0 Å². The molecule has 1 unspecified atom stereocenters. The second-order valence-corrected chi connectivity index (χ2v) is 4.98. The standard InChI is InChI=1S/C13H22N2O6/c1-21-11(17)6-5-10(12(18)19)14-13(20)15-7-3-2-4-9(15)8-16/h9-10,16H,2-8H2,1H3,(H,14,20)(H,18,19)/t9?,10-/m1/s1. The number of carbonyl (C=O) groups excluding carboxylic acids is 2. The van der Waals surface area contributed by atoms with Gasteiger partial charge in [-0.2, -0.15) is 0 Å². The lowest BCUT2D eigenvalue weighted by Gasteiger charge is -2.35. The van der Waals surface area contributed by atoms with E-state index in [0.717, 1.165) is 12.8 Å². The molecule has 1 fully saturated rings. The van der Waals surface area contributed by atoms with E-state index in [-0.39, 0.29) is 25.5 Å². The fourth-order valence-electron chi connectivity index (χ4n) is 2.31. The van der Waals surface area contributed by atoms with Gasteiger partial charge in [0.2, 0.25) is 0 Å². The quantitative estimate of drug-likeness (QED) is 0.592. The number of carboxylic acid groups (broad SMARTS) is 1. The molecule has 8 heteroatoms. The highest BCUT2D eigenvalue weighted by atomic mass is 16.5. The van der Waals surface area contributed by atoms with Crippen molar-refractivity contribution in [1.82, 2.24) is 10.2 Å². The molecule has 1 saturated heterocycles. The van der Waals surface area contributed by atoms with Gasteiger partial charge in [-0.3, -0.25) is 4.79 Å². The highest BCUT2D eigenvalue weighted by molar-refractivity contribution is 5.83. The van der Waals surface area contributed by atoms with Crippen LogP contribution in [0.3, 0.4) is 0 Å². The molecule has 0 saturated carbocycles. The Balaban J connectivity index is 2.58. The first-order chi connectivity index (χ1) is 9.99. The first-order valence-corrected chi connectivity index (χ1v) is 6.97. The molecule has 0 aromatic heterocycles. The SMILES string of the molecule is COC(=O)CC[C@@H](NC(=O)N1CCCCC1CO)C(=O)O. The van der Waals surface area contributed by atoms with Gasteiger partial charge in [-0.05, 0) is 25.7 Å². The number of aliphatic carboxylic acids is 1. The number of hydrogen-bond donors (Lipinski definition) is 3. The van der Waals surface area contributed by atoms with Gasteiger partial charge >= 0.3 is 18.0 Å². The molecule has 1 aliphatic rings. The van der Waals surface area contributed by atoms with Gasteiger partial charge in [0.25, 0.3) is 0 Å². The van der Waals surface area contributed by atoms with Crippen LogP contribution in [0.4, 0.5) is 4.79 Å². The van der Waals surface area contributed by atoms with E-state index in [0.29, 0.717) is 13.0 Å². The molecular weight excluding hydrogens is 280 g/mol. The number of nitrogens with zero attached hydrogens (tertiary/aromatic N) is 1. The first kappa shape index (κ1) is 17.2. The molecule has 0 radical (unpaired) electrons. The maximum absolute atomic E-state index is 12.1. The number of carboxylic acids is 1. The Labute approximate surface area is 123 Å². The van der Waals surface area contributed by atoms with Crippen LogP contribution in [0.15, 0.2) is 0 Å². The second-order valence-electron chi connectivity index (χ2n) is 4.98. The van der Waals surface area contributed by atoms with Crippen molar-refractivity contribution in [2.75, 3.05) is 20.3 Å². The van der Waals surface area contributed by atoms with Crippen molar-refractivity contribution in [2.45, 2.75) is 44.2 Å². The molecule has 3 N–H and O–H groups in total. The zero-order valence-corrected chi connectivity index (χ0v) is 12.1. The monoisotopic (exact) mass is 302 g/mol. The van der Waals surface area contributed by atoms with E-state index >= 15 is 0 Å². The molecule has 120 valence electrons. The average Bonchev–Trinajstić information content (AvgIpc) is 2.50. The van der Waals surface area contributed by atoms with Gasteiger partial charge < -0.3 is 25.2 Å². The van der Waals surface area contributed by atoms with Crippen LogP contribution in [0.5, 0.6) is 0 Å². The Kier molecular flexibility index (Phi) is 6.93. The molecule has 2 amide bonds. The topological polar surface area (TPSA) is 116 Å². The number of likely N-dealkylation sites (tertiary alicyclic amines) is 1. The van der Waals surface area contributed by atoms with Crippen LogP contribution in [0.2, 0.25) is 0 Å². The molecule has 0 aromatic rings. The van der Waals surface area contributed by atoms with E-state index < -0.39 is 24.0 Å². The number of aliphatic hydroxyl groups is 1. The number of rotatable bonds is 6. The lowest BCUT2D eigenvalue weighted by atomic mass is 10.0. The minimum atomic E-state index is -1.20. The molecule has 0 aliphatic carbocycles. The Morgan fingerprint density at radius 3 is 2.67 bits per heavy atom. The Morgan fingerprint density at radius 1 is 1.38 bits per heavy atom. The van der Waals surface area contributed by atoms with Gasteiger partial charge in [-0.15, -0.1) is 0 Å². The summed E-state index contributed by atoms with van der Waals surface area (Å²) in [7, 11) is 1.22. The number of urea groups is 1. The van der Waals surface area contributed by atoms with Crippen molar-refractivity contribution < 1.29 is 29.3 Å². The molecule has 2 atom stereocenters. The fraction of sp³-hybridized carbons (Fsp3) is 0.769. The highest BCUT2D eigenvalue weighted by Gasteiger charge is 2.29. The third-order valence-corrected chi connectivity index (χ3v) is 3.56. The summed E-state index contributed by atoms with van der Waals surface area (Å²) in [5, 5.41) is 20.8. The van der Waals surface area contributed by atoms with E-state index in [4.69, 9.17) is 5.11 Å². The summed E-state index contributed by atoms with van der Waals surface area (Å²) in [6.07, 6.45) is 2.33. The first-order valence-electron chi connectivity index (χ1n) is 6.97. The molecular formula is C13H22N2O6. The van der Waals surface area contributed by atoms with Crippen LogP contribution in [0, 0.1) is 0 Å². The predicted molar refractivity (Wildman–Crippen MR) is 72.6 cm³/mol. The molecule has 0 spiro atoms. The van der Waals surface area contributed by atoms with Crippen molar-refractivity contribution in [3.05, 3.63) is 0 Å². The normalized spacial score (nSPS) is 19.7. The van der Waals surface area contributed by atoms with Crippen LogP contribution in [0.25, 0.3) is 0 Å². The maximum Gasteiger partial charge on any atom is 0.326 e. The molecule has 0 aromatic carbocycles. The smallest absolute Gasteiger partial charge is 0.326 e. The van der Waals surface area contributed by atoms with Crippen molar-refractivity contribution in [2.24, 2.45) is 0 Å². The third kappa shape index (κ3) is 5.22. The van der Waals surface area contributed by atoms with Crippen molar-refractivity contribution in [3.63, 3.8) is 0 Å². The molecule has 1 aliphatic heterocycles. The minimum absolute atomic E-state index is 0.0363. The number of hydrogen-bond acceptors (Lipinski definition) is 5. The predicted octanol–water partition coefficient (Wildman–Crippen LogP) is -0.0508. The van der Waals surface area contributed by atoms with Crippen molar-refractivity contribution >= 4 is 18.0 Å². The Hall–Kier alpha value is -1.83. The summed E-state index contributed by atoms with van der Waals surface area (Å²) in [5.41, 5.74) is 0. The van der Waals surface area contributed by atoms with E-state index in [9.17, 15) is 19.5 Å². The molecule has 1 heterocycles. The summed E-state index contributed by atoms with van der Waals surface area (Å²) in [6.45, 7) is 0.341. The number of esters is 1. The van der Waals surface area contributed by atoms with E-state index in [1.807, 2.05) is 0 Å². The second kappa shape index (κ2) is 8.46. The number of carbonyl (C=O) groups is 3. The molecule has 21 heavy (non-hydrogen) atoms. The Bertz CT molecular complexity index is 387. The van der Waals surface area contributed by atoms with Gasteiger partial charge in [0.05, 0.1) is 19.8 Å². The molecule has 0 bridgehead atoms. The zero-order chi connectivity index (χ0) is 15.8. The largest absolute Gasteiger partial charge is 0.480 e. The number of ether oxygens (including phenoxy) is 1. The maximum atomic E-state index is 12.1. The van der Waals surface area contributed by atoms with Gasteiger partial charge in [0, 0.05) is 13.0 Å². The Morgan fingerprint density at radius 2 is 2.10 bits per heavy atom. The number of aliphatic hydroxyl groups excluding tert-OH is 1. The lowest BCUT2D eigenvalue weighted by molar-refractivity contribution is -0.142. The fourth-order valence-corrected chi connectivity index (χ4v) is 2.31. The van der Waals surface area contributed by atoms with Crippen LogP contribution < -0.4 is 5.32 Å². The van der Waals surface area contributed by atoms with Gasteiger partial charge in [-0.25, -0.2) is 9.59 Å². The van der Waals surface area contributed by atoms with E-state index in [1.54, 1.807) is 0 Å². The number of nitrogens with one attached hydrogen (secondary N) is 1. The van der Waals surface area contributed by atoms with Gasteiger partial charge in [-0.1, -0.05) is 0 Å². The van der Waals surface area contributed by atoms with E-state index in [2.05, 4.69) is 10.1 Å². The summed E-state index contributed by atoms with van der Waals surface area (Å²) in [5.74, 6) is -1.73. The highest BCUT2D eigenvalue weighted by Crippen LogP contribution is 2.16. The van der Waals surface area contributed by atoms with Gasteiger partial charge in [0.1, 0.15) is 6.04 Å². The van der Waals surface area contributed by atoms with Gasteiger partial charge in [0.15, 0.2) is 0 Å². The average molecular weight is 302 g/mol. The third-order valence-electron chi connectivity index (χ3n) is 3.56. The molecule has 1 rings (SSSR count). The minimum Gasteiger partial charge on any atom is -0.480 e. The van der Waals surface area contributed by atoms with Crippen LogP contribution in [0.1, 0.15) is 32.1 Å². The lowest BCUT2D eigenvalue weighted by Crippen LogP contribution is -2.54. The summed E-state index contributed by atoms with van der Waals surface area (Å²) >= 11 is 0. The van der Waals surface area contributed by atoms with Crippen molar-refractivity contribution in [1.29, 1.82) is 0 Å².